The molecule has 0 saturated heterocycles. The predicted molar refractivity (Wildman–Crippen MR) is 86.1 cm³/mol. The zero-order valence-corrected chi connectivity index (χ0v) is 13.8. The fourth-order valence-corrected chi connectivity index (χ4v) is 3.84. The maximum absolute atomic E-state index is 13.2. The van der Waals surface area contributed by atoms with E-state index in [-0.39, 0.29) is 11.9 Å². The molecule has 1 fully saturated rings. The van der Waals surface area contributed by atoms with Gasteiger partial charge in [-0.05, 0) is 64.7 Å². The van der Waals surface area contributed by atoms with E-state index >= 15 is 0 Å². The largest absolute Gasteiger partial charge is 0.327 e. The van der Waals surface area contributed by atoms with E-state index in [0.717, 1.165) is 17.9 Å². The van der Waals surface area contributed by atoms with Crippen LogP contribution in [-0.4, -0.2) is 6.04 Å². The van der Waals surface area contributed by atoms with E-state index in [2.05, 4.69) is 22.9 Å². The van der Waals surface area contributed by atoms with E-state index < -0.39 is 0 Å². The zero-order valence-electron chi connectivity index (χ0n) is 12.2. The fraction of sp³-hybridized carbons (Fsp3) is 0.647. The molecule has 0 amide bonds. The molecule has 1 aromatic rings. The molecule has 0 radical (unpaired) electrons. The van der Waals surface area contributed by atoms with Crippen molar-refractivity contribution in [1.29, 1.82) is 0 Å². The van der Waals surface area contributed by atoms with Gasteiger partial charge in [0.05, 0.1) is 4.47 Å². The Kier molecular flexibility index (Phi) is 6.03. The molecule has 0 aromatic heterocycles. The molecule has 0 spiro atoms. The van der Waals surface area contributed by atoms with E-state index in [1.165, 1.54) is 44.6 Å². The van der Waals surface area contributed by atoms with Crippen molar-refractivity contribution in [2.75, 3.05) is 0 Å². The van der Waals surface area contributed by atoms with Crippen molar-refractivity contribution in [3.63, 3.8) is 0 Å². The molecule has 1 aliphatic carbocycles. The van der Waals surface area contributed by atoms with Crippen LogP contribution in [0.3, 0.4) is 0 Å². The molecule has 0 aliphatic heterocycles. The minimum Gasteiger partial charge on any atom is -0.327 e. The Balaban J connectivity index is 1.86. The van der Waals surface area contributed by atoms with E-state index in [4.69, 9.17) is 5.73 Å². The van der Waals surface area contributed by atoms with Gasteiger partial charge in [0.15, 0.2) is 0 Å². The Morgan fingerprint density at radius 1 is 1.30 bits per heavy atom. The van der Waals surface area contributed by atoms with Crippen molar-refractivity contribution >= 4 is 15.9 Å². The molecule has 1 aliphatic rings. The lowest BCUT2D eigenvalue weighted by Gasteiger charge is -2.32. The van der Waals surface area contributed by atoms with Gasteiger partial charge < -0.3 is 5.73 Å². The van der Waals surface area contributed by atoms with Gasteiger partial charge in [0.1, 0.15) is 5.82 Å². The Hall–Kier alpha value is -0.410. The number of benzene rings is 1. The third-order valence-corrected chi connectivity index (χ3v) is 5.26. The summed E-state index contributed by atoms with van der Waals surface area (Å²) in [5.41, 5.74) is 7.51. The quantitative estimate of drug-likeness (QED) is 0.795. The third kappa shape index (κ3) is 4.29. The second kappa shape index (κ2) is 7.56. The lowest BCUT2D eigenvalue weighted by molar-refractivity contribution is 0.232. The molecule has 20 heavy (non-hydrogen) atoms. The summed E-state index contributed by atoms with van der Waals surface area (Å²) in [6.45, 7) is 2.27. The Morgan fingerprint density at radius 2 is 2.00 bits per heavy atom. The van der Waals surface area contributed by atoms with Crippen LogP contribution in [0.1, 0.15) is 51.0 Å². The minimum absolute atomic E-state index is 0.204. The summed E-state index contributed by atoms with van der Waals surface area (Å²) in [4.78, 5) is 0. The van der Waals surface area contributed by atoms with Gasteiger partial charge >= 0.3 is 0 Å². The predicted octanol–water partition coefficient (Wildman–Crippen LogP) is 5.06. The Morgan fingerprint density at radius 3 is 2.60 bits per heavy atom. The van der Waals surface area contributed by atoms with Crippen molar-refractivity contribution in [1.82, 2.24) is 0 Å². The maximum atomic E-state index is 13.2. The van der Waals surface area contributed by atoms with Crippen LogP contribution >= 0.6 is 15.9 Å². The highest BCUT2D eigenvalue weighted by molar-refractivity contribution is 9.10. The van der Waals surface area contributed by atoms with Gasteiger partial charge in [-0.15, -0.1) is 0 Å². The summed E-state index contributed by atoms with van der Waals surface area (Å²) < 4.78 is 13.8. The molecule has 2 rings (SSSR count). The summed E-state index contributed by atoms with van der Waals surface area (Å²) in [7, 11) is 0. The van der Waals surface area contributed by atoms with E-state index in [9.17, 15) is 4.39 Å². The van der Waals surface area contributed by atoms with Crippen LogP contribution < -0.4 is 5.73 Å². The first kappa shape index (κ1) is 16.0. The molecule has 0 bridgehead atoms. The topological polar surface area (TPSA) is 26.0 Å². The molecule has 112 valence electrons. The van der Waals surface area contributed by atoms with Gasteiger partial charge in [0, 0.05) is 6.04 Å². The van der Waals surface area contributed by atoms with Crippen LogP contribution in [-0.2, 0) is 6.42 Å². The molecule has 1 atom stereocenters. The average molecular weight is 342 g/mol. The first-order valence-electron chi connectivity index (χ1n) is 7.79. The summed E-state index contributed by atoms with van der Waals surface area (Å²) in [6, 6.07) is 5.43. The zero-order chi connectivity index (χ0) is 14.5. The van der Waals surface area contributed by atoms with Crippen molar-refractivity contribution in [2.45, 2.75) is 57.9 Å². The van der Waals surface area contributed by atoms with Crippen molar-refractivity contribution in [2.24, 2.45) is 17.6 Å². The lowest BCUT2D eigenvalue weighted by Crippen LogP contribution is -2.35. The smallest absolute Gasteiger partial charge is 0.137 e. The average Bonchev–Trinajstić information content (AvgIpc) is 2.44. The van der Waals surface area contributed by atoms with Gasteiger partial charge in [-0.3, -0.25) is 0 Å². The molecular formula is C17H25BrFN. The monoisotopic (exact) mass is 341 g/mol. The van der Waals surface area contributed by atoms with Crippen molar-refractivity contribution in [3.05, 3.63) is 34.1 Å². The fourth-order valence-electron chi connectivity index (χ4n) is 3.42. The van der Waals surface area contributed by atoms with Gasteiger partial charge in [-0.2, -0.15) is 0 Å². The van der Waals surface area contributed by atoms with E-state index in [1.807, 2.05) is 12.1 Å². The summed E-state index contributed by atoms with van der Waals surface area (Å²) in [5, 5.41) is 0. The number of hydrogen-bond acceptors (Lipinski definition) is 1. The third-order valence-electron chi connectivity index (χ3n) is 4.65. The van der Waals surface area contributed by atoms with Crippen LogP contribution in [0.25, 0.3) is 0 Å². The lowest BCUT2D eigenvalue weighted by atomic mass is 9.76. The van der Waals surface area contributed by atoms with Gasteiger partial charge in [0.2, 0.25) is 0 Å². The van der Waals surface area contributed by atoms with Gasteiger partial charge in [-0.1, -0.05) is 38.7 Å². The second-order valence-electron chi connectivity index (χ2n) is 6.19. The molecule has 1 nitrogen and oxygen atoms in total. The second-order valence-corrected chi connectivity index (χ2v) is 7.04. The maximum Gasteiger partial charge on any atom is 0.137 e. The SMILES string of the molecule is CCCC1CCC(C(N)Cc2ccc(F)c(Br)c2)CC1. The van der Waals surface area contributed by atoms with Crippen LogP contribution in [0.5, 0.6) is 0 Å². The molecule has 1 aromatic carbocycles. The summed E-state index contributed by atoms with van der Waals surface area (Å²) in [6.07, 6.45) is 8.70. The van der Waals surface area contributed by atoms with E-state index in [0.29, 0.717) is 10.4 Å². The van der Waals surface area contributed by atoms with E-state index in [1.54, 1.807) is 0 Å². The number of nitrogens with two attached hydrogens (primary N) is 1. The first-order chi connectivity index (χ1) is 9.60. The number of halogens is 2. The highest BCUT2D eigenvalue weighted by Crippen LogP contribution is 2.33. The normalized spacial score (nSPS) is 24.6. The van der Waals surface area contributed by atoms with Crippen molar-refractivity contribution in [3.8, 4) is 0 Å². The Labute approximate surface area is 130 Å². The first-order valence-corrected chi connectivity index (χ1v) is 8.59. The van der Waals surface area contributed by atoms with Crippen LogP contribution in [0.2, 0.25) is 0 Å². The van der Waals surface area contributed by atoms with Crippen LogP contribution in [0, 0.1) is 17.7 Å². The molecule has 1 unspecified atom stereocenters. The summed E-state index contributed by atoms with van der Waals surface area (Å²) in [5.74, 6) is 1.35. The molecule has 2 N–H and O–H groups in total. The summed E-state index contributed by atoms with van der Waals surface area (Å²) >= 11 is 3.24. The van der Waals surface area contributed by atoms with Crippen molar-refractivity contribution < 1.29 is 4.39 Å². The van der Waals surface area contributed by atoms with Crippen LogP contribution in [0.15, 0.2) is 22.7 Å². The Bertz CT molecular complexity index is 427. The molecule has 3 heteroatoms. The molecule has 0 heterocycles. The number of rotatable bonds is 5. The number of hydrogen-bond donors (Lipinski definition) is 1. The van der Waals surface area contributed by atoms with Crippen LogP contribution in [0.4, 0.5) is 4.39 Å². The molecular weight excluding hydrogens is 317 g/mol. The highest BCUT2D eigenvalue weighted by Gasteiger charge is 2.25. The highest BCUT2D eigenvalue weighted by atomic mass is 79.9. The standard InChI is InChI=1S/C17H25BrFN/c1-2-3-12-4-7-14(8-5-12)17(20)11-13-6-9-16(19)15(18)10-13/h6,9-10,12,14,17H,2-5,7-8,11,20H2,1H3. The molecule has 1 saturated carbocycles. The van der Waals surface area contributed by atoms with Gasteiger partial charge in [-0.25, -0.2) is 4.39 Å². The van der Waals surface area contributed by atoms with Gasteiger partial charge in [0.25, 0.3) is 0 Å². The minimum atomic E-state index is -0.206.